The van der Waals surface area contributed by atoms with Crippen molar-refractivity contribution < 1.29 is 13.9 Å². The van der Waals surface area contributed by atoms with Crippen molar-refractivity contribution in [2.45, 2.75) is 0 Å². The first-order valence-corrected chi connectivity index (χ1v) is 7.75. The Balaban J connectivity index is 1.67. The Morgan fingerprint density at radius 3 is 2.92 bits per heavy atom. The molecule has 0 aliphatic rings. The molecular formula is C16H12BrFN4O2. The third-order valence-corrected chi connectivity index (χ3v) is 3.53. The molecule has 122 valence electrons. The molecule has 0 radical (unpaired) electrons. The number of halogens is 2. The zero-order chi connectivity index (χ0) is 16.9. The predicted molar refractivity (Wildman–Crippen MR) is 89.6 cm³/mol. The number of nitrogens with one attached hydrogen (secondary N) is 1. The second kappa shape index (κ2) is 7.22. The minimum absolute atomic E-state index is 0.00633. The van der Waals surface area contributed by atoms with Crippen LogP contribution in [-0.2, 0) is 4.79 Å². The lowest BCUT2D eigenvalue weighted by atomic mass is 10.3. The van der Waals surface area contributed by atoms with Crippen LogP contribution in [0.2, 0.25) is 0 Å². The van der Waals surface area contributed by atoms with Crippen molar-refractivity contribution in [1.82, 2.24) is 14.8 Å². The zero-order valence-corrected chi connectivity index (χ0v) is 13.9. The van der Waals surface area contributed by atoms with Crippen molar-refractivity contribution in [3.63, 3.8) is 0 Å². The molecule has 0 bridgehead atoms. The number of hydrogen-bond donors (Lipinski definition) is 1. The van der Waals surface area contributed by atoms with Crippen LogP contribution in [0.5, 0.6) is 5.75 Å². The molecular weight excluding hydrogens is 379 g/mol. The number of aromatic nitrogens is 3. The maximum atomic E-state index is 13.7. The molecule has 2 aromatic heterocycles. The summed E-state index contributed by atoms with van der Waals surface area (Å²) in [6.07, 6.45) is 4.92. The summed E-state index contributed by atoms with van der Waals surface area (Å²) >= 11 is 3.16. The van der Waals surface area contributed by atoms with Gasteiger partial charge in [0, 0.05) is 23.1 Å². The van der Waals surface area contributed by atoms with E-state index in [9.17, 15) is 9.18 Å². The molecule has 6 nitrogen and oxygen atoms in total. The van der Waals surface area contributed by atoms with E-state index in [1.807, 2.05) is 0 Å². The van der Waals surface area contributed by atoms with E-state index >= 15 is 0 Å². The average molecular weight is 391 g/mol. The number of ether oxygens (including phenoxy) is 1. The average Bonchev–Trinajstić information content (AvgIpc) is 3.09. The molecule has 24 heavy (non-hydrogen) atoms. The molecule has 1 amide bonds. The second-order valence-corrected chi connectivity index (χ2v) is 5.65. The highest BCUT2D eigenvalue weighted by Crippen LogP contribution is 2.21. The fraction of sp³-hybridized carbons (Fsp3) is 0.0625. The summed E-state index contributed by atoms with van der Waals surface area (Å²) in [6, 6.07) is 9.49. The summed E-state index contributed by atoms with van der Waals surface area (Å²) in [5.74, 6) is -0.494. The van der Waals surface area contributed by atoms with Gasteiger partial charge in [0.2, 0.25) is 0 Å². The van der Waals surface area contributed by atoms with Crippen molar-refractivity contribution >= 4 is 27.5 Å². The highest BCUT2D eigenvalue weighted by atomic mass is 79.9. The van der Waals surface area contributed by atoms with Gasteiger partial charge in [0.15, 0.2) is 24.0 Å². The first-order chi connectivity index (χ1) is 11.6. The van der Waals surface area contributed by atoms with E-state index in [0.717, 1.165) is 0 Å². The van der Waals surface area contributed by atoms with Crippen LogP contribution in [-0.4, -0.2) is 27.3 Å². The normalized spacial score (nSPS) is 10.4. The summed E-state index contributed by atoms with van der Waals surface area (Å²) in [7, 11) is 0. The van der Waals surface area contributed by atoms with E-state index in [4.69, 9.17) is 4.74 Å². The Morgan fingerprint density at radius 1 is 1.29 bits per heavy atom. The monoisotopic (exact) mass is 390 g/mol. The number of rotatable bonds is 5. The van der Waals surface area contributed by atoms with Gasteiger partial charge in [-0.3, -0.25) is 4.79 Å². The molecule has 0 atom stereocenters. The third-order valence-electron chi connectivity index (χ3n) is 3.03. The number of pyridine rings is 1. The maximum absolute atomic E-state index is 13.7. The number of amides is 1. The Morgan fingerprint density at radius 2 is 2.17 bits per heavy atom. The van der Waals surface area contributed by atoms with Gasteiger partial charge in [-0.15, -0.1) is 0 Å². The largest absolute Gasteiger partial charge is 0.481 e. The lowest BCUT2D eigenvalue weighted by molar-refractivity contribution is -0.118. The summed E-state index contributed by atoms with van der Waals surface area (Å²) < 4.78 is 21.0. The summed E-state index contributed by atoms with van der Waals surface area (Å²) in [5, 5.41) is 6.77. The molecule has 8 heteroatoms. The fourth-order valence-corrected chi connectivity index (χ4v) is 2.33. The van der Waals surface area contributed by atoms with E-state index < -0.39 is 11.7 Å². The third kappa shape index (κ3) is 3.77. The van der Waals surface area contributed by atoms with E-state index in [0.29, 0.717) is 16.0 Å². The van der Waals surface area contributed by atoms with E-state index in [2.05, 4.69) is 31.3 Å². The smallest absolute Gasteiger partial charge is 0.262 e. The molecule has 2 heterocycles. The highest BCUT2D eigenvalue weighted by Gasteiger charge is 2.11. The summed E-state index contributed by atoms with van der Waals surface area (Å²) in [5.41, 5.74) is 0.478. The van der Waals surface area contributed by atoms with Gasteiger partial charge in [0.05, 0.1) is 5.69 Å². The lowest BCUT2D eigenvalue weighted by Crippen LogP contribution is -2.21. The van der Waals surface area contributed by atoms with Crippen LogP contribution in [0.3, 0.4) is 0 Å². The van der Waals surface area contributed by atoms with Crippen molar-refractivity contribution in [2.75, 3.05) is 11.9 Å². The molecule has 1 N–H and O–H groups in total. The quantitative estimate of drug-likeness (QED) is 0.726. The van der Waals surface area contributed by atoms with E-state index in [1.165, 1.54) is 16.8 Å². The summed E-state index contributed by atoms with van der Waals surface area (Å²) in [6.45, 7) is -0.327. The topological polar surface area (TPSA) is 69.0 Å². The van der Waals surface area contributed by atoms with Crippen molar-refractivity contribution in [3.05, 3.63) is 65.3 Å². The molecule has 0 spiro atoms. The van der Waals surface area contributed by atoms with Crippen molar-refractivity contribution in [2.24, 2.45) is 0 Å². The number of carbonyl (C=O) groups is 1. The van der Waals surface area contributed by atoms with Gasteiger partial charge in [0.1, 0.15) is 0 Å². The number of carbonyl (C=O) groups excluding carboxylic acids is 1. The number of nitrogens with zero attached hydrogens (tertiary/aromatic N) is 3. The van der Waals surface area contributed by atoms with E-state index in [1.54, 1.807) is 42.9 Å². The summed E-state index contributed by atoms with van der Waals surface area (Å²) in [4.78, 5) is 16.3. The zero-order valence-electron chi connectivity index (χ0n) is 12.3. The number of hydrogen-bond acceptors (Lipinski definition) is 4. The SMILES string of the molecule is O=C(COc1ccc(Br)cc1F)Nc1cccnc1-n1cccn1. The van der Waals surface area contributed by atoms with Gasteiger partial charge in [0.25, 0.3) is 5.91 Å². The van der Waals surface area contributed by atoms with Crippen LogP contribution in [0.25, 0.3) is 5.82 Å². The van der Waals surface area contributed by atoms with Crippen LogP contribution in [0.4, 0.5) is 10.1 Å². The molecule has 0 saturated heterocycles. The van der Waals surface area contributed by atoms with Crippen LogP contribution >= 0.6 is 15.9 Å². The fourth-order valence-electron chi connectivity index (χ4n) is 1.99. The first-order valence-electron chi connectivity index (χ1n) is 6.96. The van der Waals surface area contributed by atoms with E-state index in [-0.39, 0.29) is 12.4 Å². The van der Waals surface area contributed by atoms with Gasteiger partial charge in [-0.1, -0.05) is 15.9 Å². The Bertz CT molecular complexity index is 855. The van der Waals surface area contributed by atoms with Gasteiger partial charge in [-0.05, 0) is 36.4 Å². The molecule has 0 unspecified atom stereocenters. The highest BCUT2D eigenvalue weighted by molar-refractivity contribution is 9.10. The minimum Gasteiger partial charge on any atom is -0.481 e. The van der Waals surface area contributed by atoms with Crippen molar-refractivity contribution in [3.8, 4) is 11.6 Å². The standard InChI is InChI=1S/C16H12BrFN4O2/c17-11-4-5-14(12(18)9-11)24-10-15(23)21-13-3-1-6-19-16(13)22-8-2-7-20-22/h1-9H,10H2,(H,21,23). The van der Waals surface area contributed by atoms with Gasteiger partial charge in [-0.25, -0.2) is 14.1 Å². The Labute approximate surface area is 145 Å². The first kappa shape index (κ1) is 16.1. The van der Waals surface area contributed by atoms with Crippen LogP contribution in [0.15, 0.2) is 59.5 Å². The van der Waals surface area contributed by atoms with Crippen LogP contribution in [0.1, 0.15) is 0 Å². The van der Waals surface area contributed by atoms with Gasteiger partial charge >= 0.3 is 0 Å². The maximum Gasteiger partial charge on any atom is 0.262 e. The molecule has 0 aliphatic carbocycles. The lowest BCUT2D eigenvalue weighted by Gasteiger charge is -2.11. The molecule has 0 saturated carbocycles. The molecule has 1 aromatic carbocycles. The second-order valence-electron chi connectivity index (χ2n) is 4.74. The number of benzene rings is 1. The minimum atomic E-state index is -0.546. The predicted octanol–water partition coefficient (Wildman–Crippen LogP) is 3.19. The van der Waals surface area contributed by atoms with Crippen LogP contribution in [0, 0.1) is 5.82 Å². The number of anilines is 1. The van der Waals surface area contributed by atoms with Crippen molar-refractivity contribution in [1.29, 1.82) is 0 Å². The van der Waals surface area contributed by atoms with Gasteiger partial charge in [-0.2, -0.15) is 5.10 Å². The molecule has 0 fully saturated rings. The van der Waals surface area contributed by atoms with Crippen LogP contribution < -0.4 is 10.1 Å². The van der Waals surface area contributed by atoms with Gasteiger partial charge < -0.3 is 10.1 Å². The Hall–Kier alpha value is -2.74. The molecule has 0 aliphatic heterocycles. The molecule has 3 aromatic rings. The molecule has 3 rings (SSSR count). The Kier molecular flexibility index (Phi) is 4.85.